The smallest absolute Gasteiger partial charge is 0.319 e. The third kappa shape index (κ3) is 5.16. The minimum absolute atomic E-state index is 0.0637. The number of benzene rings is 3. The van der Waals surface area contributed by atoms with Crippen molar-refractivity contribution >= 4 is 27.7 Å². The van der Waals surface area contributed by atoms with Gasteiger partial charge in [0.2, 0.25) is 0 Å². The molecule has 2 N–H and O–H groups in total. The molecule has 0 unspecified atom stereocenters. The summed E-state index contributed by atoms with van der Waals surface area (Å²) in [6.07, 6.45) is 0.808. The van der Waals surface area contributed by atoms with Crippen LogP contribution in [0.25, 0.3) is 44.3 Å². The van der Waals surface area contributed by atoms with Crippen molar-refractivity contribution in [3.8, 4) is 28.4 Å². The van der Waals surface area contributed by atoms with Crippen LogP contribution in [-0.4, -0.2) is 74.5 Å². The Labute approximate surface area is 227 Å². The van der Waals surface area contributed by atoms with Gasteiger partial charge in [0, 0.05) is 43.1 Å². The van der Waals surface area contributed by atoms with Gasteiger partial charge in [-0.2, -0.15) is 10.2 Å². The minimum atomic E-state index is 0.0637. The van der Waals surface area contributed by atoms with Crippen molar-refractivity contribution < 1.29 is 9.53 Å². The van der Waals surface area contributed by atoms with Crippen LogP contribution in [-0.2, 0) is 6.42 Å². The fourth-order valence-electron chi connectivity index (χ4n) is 5.01. The average Bonchev–Trinajstić information content (AvgIpc) is 3.62. The minimum Gasteiger partial charge on any atom is -0.492 e. The monoisotopic (exact) mass is 523 g/mol. The maximum atomic E-state index is 12.1. The van der Waals surface area contributed by atoms with Crippen LogP contribution in [0.3, 0.4) is 0 Å². The van der Waals surface area contributed by atoms with Gasteiger partial charge >= 0.3 is 6.03 Å². The van der Waals surface area contributed by atoms with E-state index in [9.17, 15) is 4.79 Å². The van der Waals surface area contributed by atoms with Crippen LogP contribution in [0.15, 0.2) is 54.6 Å². The largest absolute Gasteiger partial charge is 0.492 e. The second-order valence-electron chi connectivity index (χ2n) is 11.4. The molecule has 3 heterocycles. The Morgan fingerprint density at radius 1 is 0.923 bits per heavy atom. The molecule has 0 bridgehead atoms. The third-order valence-electron chi connectivity index (χ3n) is 7.07. The van der Waals surface area contributed by atoms with E-state index in [4.69, 9.17) is 9.72 Å². The molecule has 0 radical (unpaired) electrons. The predicted molar refractivity (Wildman–Crippen MR) is 153 cm³/mol. The first-order valence-corrected chi connectivity index (χ1v) is 13.3. The molecule has 0 aliphatic carbocycles. The first kappa shape index (κ1) is 24.9. The average molecular weight is 524 g/mol. The van der Waals surface area contributed by atoms with Crippen LogP contribution < -0.4 is 4.74 Å². The second-order valence-corrected chi connectivity index (χ2v) is 11.4. The molecule has 1 aliphatic rings. The molecule has 1 aliphatic heterocycles. The number of nitrogens with one attached hydrogen (secondary N) is 2. The molecule has 1 fully saturated rings. The van der Waals surface area contributed by atoms with Gasteiger partial charge in [0.15, 0.2) is 11.6 Å². The number of nitrogens with zero attached hydrogens (tertiary/aromatic N) is 5. The standard InChI is InChI=1S/C30H33N7O2/c1-30(2,3)18-26-31-28(35-33-26)22-8-10-25-24(17-22)27(34-32-25)21-6-5-20-16-23(9-7-19(20)15-21)39-14-13-37-12-11-36(4)29(37)38/h5-10,15-17H,11-14,18H2,1-4H3,(H,32,34)(H,31,33,35). The van der Waals surface area contributed by atoms with Crippen LogP contribution in [0, 0.1) is 5.41 Å². The fourth-order valence-corrected chi connectivity index (χ4v) is 5.01. The molecule has 2 amide bonds. The quantitative estimate of drug-likeness (QED) is 0.293. The predicted octanol–water partition coefficient (Wildman–Crippen LogP) is 5.50. The van der Waals surface area contributed by atoms with Gasteiger partial charge in [-0.3, -0.25) is 10.2 Å². The molecule has 200 valence electrons. The van der Waals surface area contributed by atoms with E-state index in [1.165, 1.54) is 0 Å². The first-order valence-electron chi connectivity index (χ1n) is 13.3. The number of H-pyrrole nitrogens is 2. The number of hydrogen-bond donors (Lipinski definition) is 2. The topological polar surface area (TPSA) is 103 Å². The Morgan fingerprint density at radius 3 is 2.51 bits per heavy atom. The highest BCUT2D eigenvalue weighted by Gasteiger charge is 2.24. The Kier molecular flexibility index (Phi) is 6.21. The lowest BCUT2D eigenvalue weighted by Crippen LogP contribution is -2.32. The summed E-state index contributed by atoms with van der Waals surface area (Å²) >= 11 is 0. The van der Waals surface area contributed by atoms with Crippen molar-refractivity contribution in [1.29, 1.82) is 0 Å². The number of aromatic nitrogens is 5. The highest BCUT2D eigenvalue weighted by atomic mass is 16.5. The summed E-state index contributed by atoms with van der Waals surface area (Å²) < 4.78 is 5.96. The van der Waals surface area contributed by atoms with Gasteiger partial charge in [-0.1, -0.05) is 39.0 Å². The van der Waals surface area contributed by atoms with Gasteiger partial charge in [0.1, 0.15) is 12.4 Å². The van der Waals surface area contributed by atoms with Gasteiger partial charge in [-0.25, -0.2) is 9.78 Å². The molecule has 0 spiro atoms. The molecule has 3 aromatic carbocycles. The summed E-state index contributed by atoms with van der Waals surface area (Å²) in [7, 11) is 1.83. The summed E-state index contributed by atoms with van der Waals surface area (Å²) in [4.78, 5) is 20.3. The van der Waals surface area contributed by atoms with Gasteiger partial charge in [-0.05, 0) is 52.6 Å². The SMILES string of the molecule is CN1CCN(CCOc2ccc3cc(-c4n[nH]c5ccc(-c6nc(CC(C)(C)C)n[nH]6)cc45)ccc3c2)C1=O. The summed E-state index contributed by atoms with van der Waals surface area (Å²) in [5.41, 5.74) is 3.98. The van der Waals surface area contributed by atoms with Gasteiger partial charge < -0.3 is 14.5 Å². The van der Waals surface area contributed by atoms with E-state index in [1.807, 2.05) is 36.2 Å². The van der Waals surface area contributed by atoms with Crippen LogP contribution in [0.5, 0.6) is 5.75 Å². The number of amides is 2. The summed E-state index contributed by atoms with van der Waals surface area (Å²) in [6.45, 7) is 9.11. The molecule has 0 atom stereocenters. The first-order chi connectivity index (χ1) is 18.7. The molecule has 2 aromatic heterocycles. The molecular weight excluding hydrogens is 490 g/mol. The van der Waals surface area contributed by atoms with Gasteiger partial charge in [0.05, 0.1) is 17.8 Å². The Hall–Kier alpha value is -4.40. The fraction of sp³-hybridized carbons (Fsp3) is 0.333. The number of fused-ring (bicyclic) bond motifs is 2. The Morgan fingerprint density at radius 2 is 1.72 bits per heavy atom. The van der Waals surface area contributed by atoms with E-state index in [0.29, 0.717) is 13.2 Å². The van der Waals surface area contributed by atoms with E-state index in [1.54, 1.807) is 4.90 Å². The molecule has 39 heavy (non-hydrogen) atoms. The summed E-state index contributed by atoms with van der Waals surface area (Å²) in [5.74, 6) is 2.37. The van der Waals surface area contributed by atoms with E-state index in [0.717, 1.165) is 75.4 Å². The lowest BCUT2D eigenvalue weighted by Gasteiger charge is -2.16. The van der Waals surface area contributed by atoms with E-state index in [-0.39, 0.29) is 11.4 Å². The normalized spacial score (nSPS) is 14.2. The third-order valence-corrected chi connectivity index (χ3v) is 7.07. The van der Waals surface area contributed by atoms with Crippen molar-refractivity contribution in [1.82, 2.24) is 35.2 Å². The number of carbonyl (C=O) groups excluding carboxylic acids is 1. The lowest BCUT2D eigenvalue weighted by atomic mass is 9.92. The number of hydrogen-bond acceptors (Lipinski definition) is 5. The summed E-state index contributed by atoms with van der Waals surface area (Å²) in [6, 6.07) is 18.6. The van der Waals surface area contributed by atoms with E-state index >= 15 is 0 Å². The highest BCUT2D eigenvalue weighted by Crippen LogP contribution is 2.32. The van der Waals surface area contributed by atoms with Crippen LogP contribution in [0.1, 0.15) is 26.6 Å². The van der Waals surface area contributed by atoms with Crippen LogP contribution >= 0.6 is 0 Å². The number of ether oxygens (including phenoxy) is 1. The maximum Gasteiger partial charge on any atom is 0.319 e. The summed E-state index contributed by atoms with van der Waals surface area (Å²) in [5, 5.41) is 18.5. The Balaban J connectivity index is 1.21. The lowest BCUT2D eigenvalue weighted by molar-refractivity contribution is 0.188. The highest BCUT2D eigenvalue weighted by molar-refractivity contribution is 5.97. The van der Waals surface area contributed by atoms with Crippen molar-refractivity contribution in [2.24, 2.45) is 5.41 Å². The van der Waals surface area contributed by atoms with Gasteiger partial charge in [0.25, 0.3) is 0 Å². The zero-order valence-corrected chi connectivity index (χ0v) is 22.8. The maximum absolute atomic E-state index is 12.1. The van der Waals surface area contributed by atoms with Crippen molar-refractivity contribution in [2.45, 2.75) is 27.2 Å². The van der Waals surface area contributed by atoms with Gasteiger partial charge in [-0.15, -0.1) is 0 Å². The van der Waals surface area contributed by atoms with Crippen molar-refractivity contribution in [2.75, 3.05) is 33.3 Å². The van der Waals surface area contributed by atoms with Crippen molar-refractivity contribution in [3.63, 3.8) is 0 Å². The number of likely N-dealkylation sites (N-methyl/N-ethyl adjacent to an activating group) is 1. The Bertz CT molecular complexity index is 1660. The van der Waals surface area contributed by atoms with Crippen LogP contribution in [0.4, 0.5) is 4.79 Å². The van der Waals surface area contributed by atoms with E-state index < -0.39 is 0 Å². The molecule has 1 saturated heterocycles. The van der Waals surface area contributed by atoms with E-state index in [2.05, 4.69) is 71.5 Å². The molecule has 0 saturated carbocycles. The molecular formula is C30H33N7O2. The molecule has 6 rings (SSSR count). The zero-order valence-electron chi connectivity index (χ0n) is 22.8. The number of rotatable bonds is 7. The second kappa shape index (κ2) is 9.72. The van der Waals surface area contributed by atoms with Crippen molar-refractivity contribution in [3.05, 3.63) is 60.4 Å². The molecule has 9 heteroatoms. The zero-order chi connectivity index (χ0) is 27.1. The number of carbonyl (C=O) groups is 1. The molecule has 9 nitrogen and oxygen atoms in total. The number of aromatic amines is 2. The number of urea groups is 1. The molecule has 5 aromatic rings. The van der Waals surface area contributed by atoms with Crippen LogP contribution in [0.2, 0.25) is 0 Å².